The molecule has 1 aromatic carbocycles. The lowest BCUT2D eigenvalue weighted by Gasteiger charge is -2.26. The third-order valence-corrected chi connectivity index (χ3v) is 7.10. The summed E-state index contributed by atoms with van der Waals surface area (Å²) in [6.45, 7) is 2.91. The van der Waals surface area contributed by atoms with Crippen molar-refractivity contribution in [3.8, 4) is 11.5 Å². The second-order valence-electron chi connectivity index (χ2n) is 7.81. The molecule has 2 heterocycles. The molecule has 1 aliphatic carbocycles. The first-order chi connectivity index (χ1) is 15.1. The van der Waals surface area contributed by atoms with Crippen LogP contribution in [0.5, 0.6) is 11.5 Å². The van der Waals surface area contributed by atoms with Crippen molar-refractivity contribution in [2.24, 2.45) is 5.92 Å². The van der Waals surface area contributed by atoms with E-state index in [1.807, 2.05) is 29.2 Å². The molecule has 2 amide bonds. The first-order valence-electron chi connectivity index (χ1n) is 10.6. The topological polar surface area (TPSA) is 77.1 Å². The molecule has 0 spiro atoms. The average molecular weight is 445 g/mol. The molecule has 0 unspecified atom stereocenters. The Morgan fingerprint density at radius 3 is 2.68 bits per heavy atom. The van der Waals surface area contributed by atoms with Gasteiger partial charge in [-0.15, -0.1) is 11.3 Å². The van der Waals surface area contributed by atoms with Gasteiger partial charge in [-0.3, -0.25) is 9.59 Å². The summed E-state index contributed by atoms with van der Waals surface area (Å²) in [5, 5.41) is 3.05. The van der Waals surface area contributed by atoms with Gasteiger partial charge in [-0.2, -0.15) is 0 Å². The Hall–Kier alpha value is -2.58. The van der Waals surface area contributed by atoms with E-state index in [1.54, 1.807) is 25.6 Å². The van der Waals surface area contributed by atoms with Gasteiger partial charge in [0.2, 0.25) is 5.91 Å². The normalized spacial score (nSPS) is 18.3. The first-order valence-corrected chi connectivity index (χ1v) is 11.4. The van der Waals surface area contributed by atoms with E-state index in [9.17, 15) is 9.59 Å². The number of fused-ring (bicyclic) bond motifs is 1. The van der Waals surface area contributed by atoms with Crippen molar-refractivity contribution in [1.29, 1.82) is 0 Å². The maximum absolute atomic E-state index is 12.8. The summed E-state index contributed by atoms with van der Waals surface area (Å²) in [5.41, 5.74) is 2.09. The van der Waals surface area contributed by atoms with Crippen molar-refractivity contribution in [1.82, 2.24) is 10.2 Å². The highest BCUT2D eigenvalue weighted by Gasteiger charge is 2.29. The van der Waals surface area contributed by atoms with Gasteiger partial charge in [-0.25, -0.2) is 0 Å². The minimum absolute atomic E-state index is 0.0488. The van der Waals surface area contributed by atoms with E-state index in [1.165, 1.54) is 4.88 Å². The molecule has 1 aliphatic heterocycles. The van der Waals surface area contributed by atoms with E-state index in [0.717, 1.165) is 28.8 Å². The van der Waals surface area contributed by atoms with Crippen molar-refractivity contribution in [3.05, 3.63) is 45.1 Å². The number of hydrogen-bond acceptors (Lipinski definition) is 6. The second kappa shape index (κ2) is 9.70. The number of ether oxygens (including phenoxy) is 3. The lowest BCUT2D eigenvalue weighted by atomic mass is 9.87. The smallest absolute Gasteiger partial charge is 0.264 e. The molecule has 31 heavy (non-hydrogen) atoms. The number of amides is 2. The predicted octanol–water partition coefficient (Wildman–Crippen LogP) is 2.66. The Morgan fingerprint density at radius 1 is 1.16 bits per heavy atom. The van der Waals surface area contributed by atoms with E-state index in [2.05, 4.69) is 5.32 Å². The largest absolute Gasteiger partial charge is 0.493 e. The standard InChI is InChI=1S/C23H28N2O5S/c1-28-18-5-3-15(11-19(18)29-2)14-24-22(26)16-4-6-20-17(12-16)13-21(31-20)23(27)25-7-9-30-10-8-25/h3,5,11,13,16H,4,6-10,12,14H2,1-2H3,(H,24,26)/t16-/m0/s1. The van der Waals surface area contributed by atoms with Crippen LogP contribution in [0, 0.1) is 5.92 Å². The highest BCUT2D eigenvalue weighted by Crippen LogP contribution is 2.33. The van der Waals surface area contributed by atoms with Gasteiger partial charge in [-0.05, 0) is 48.6 Å². The number of nitrogens with zero attached hydrogens (tertiary/aromatic N) is 1. The number of carbonyl (C=O) groups is 2. The summed E-state index contributed by atoms with van der Waals surface area (Å²) < 4.78 is 15.9. The summed E-state index contributed by atoms with van der Waals surface area (Å²) in [7, 11) is 3.19. The lowest BCUT2D eigenvalue weighted by Crippen LogP contribution is -2.40. The number of rotatable bonds is 6. The van der Waals surface area contributed by atoms with Crippen molar-refractivity contribution >= 4 is 23.2 Å². The van der Waals surface area contributed by atoms with Crippen molar-refractivity contribution < 1.29 is 23.8 Å². The number of benzene rings is 1. The molecule has 1 N–H and O–H groups in total. The average Bonchev–Trinajstić information content (AvgIpc) is 3.25. The second-order valence-corrected chi connectivity index (χ2v) is 8.95. The van der Waals surface area contributed by atoms with Crippen molar-refractivity contribution in [2.75, 3.05) is 40.5 Å². The number of carbonyl (C=O) groups excluding carboxylic acids is 2. The van der Waals surface area contributed by atoms with Gasteiger partial charge in [-0.1, -0.05) is 6.07 Å². The molecule has 0 saturated carbocycles. The number of methoxy groups -OCH3 is 2. The van der Waals surface area contributed by atoms with Crippen molar-refractivity contribution in [2.45, 2.75) is 25.8 Å². The minimum atomic E-state index is -0.0754. The Bertz CT molecular complexity index is 951. The van der Waals surface area contributed by atoms with Crippen LogP contribution in [0.3, 0.4) is 0 Å². The predicted molar refractivity (Wildman–Crippen MR) is 118 cm³/mol. The van der Waals surface area contributed by atoms with Gasteiger partial charge in [0, 0.05) is 30.4 Å². The molecule has 1 atom stereocenters. The molecule has 0 bridgehead atoms. The van der Waals surface area contributed by atoms with Gasteiger partial charge < -0.3 is 24.4 Å². The maximum Gasteiger partial charge on any atom is 0.264 e. The summed E-state index contributed by atoms with van der Waals surface area (Å²) in [6.07, 6.45) is 2.32. The summed E-state index contributed by atoms with van der Waals surface area (Å²) in [5.74, 6) is 1.36. The van der Waals surface area contributed by atoms with Crippen LogP contribution in [0.1, 0.15) is 32.1 Å². The number of thiophene rings is 1. The van der Waals surface area contributed by atoms with Gasteiger partial charge in [0.25, 0.3) is 5.91 Å². The summed E-state index contributed by atoms with van der Waals surface area (Å²) in [4.78, 5) is 29.4. The van der Waals surface area contributed by atoms with Crippen LogP contribution in [0.2, 0.25) is 0 Å². The highest BCUT2D eigenvalue weighted by atomic mass is 32.1. The molecule has 1 saturated heterocycles. The van der Waals surface area contributed by atoms with Crippen LogP contribution in [0.25, 0.3) is 0 Å². The lowest BCUT2D eigenvalue weighted by molar-refractivity contribution is -0.125. The number of hydrogen-bond donors (Lipinski definition) is 1. The molecular weight excluding hydrogens is 416 g/mol. The molecule has 4 rings (SSSR count). The fraction of sp³-hybridized carbons (Fsp3) is 0.478. The zero-order valence-electron chi connectivity index (χ0n) is 17.9. The molecule has 2 aromatic rings. The number of nitrogens with one attached hydrogen (secondary N) is 1. The van der Waals surface area contributed by atoms with Crippen molar-refractivity contribution in [3.63, 3.8) is 0 Å². The molecule has 8 heteroatoms. The third kappa shape index (κ3) is 4.85. The SMILES string of the molecule is COc1ccc(CNC(=O)[C@H]2CCc3sc(C(=O)N4CCOCC4)cc3C2)cc1OC. The van der Waals surface area contributed by atoms with Gasteiger partial charge in [0.15, 0.2) is 11.5 Å². The fourth-order valence-electron chi connectivity index (χ4n) is 4.10. The Morgan fingerprint density at radius 2 is 1.94 bits per heavy atom. The van der Waals surface area contributed by atoms with E-state index in [0.29, 0.717) is 50.8 Å². The molecule has 0 radical (unpaired) electrons. The molecule has 2 aliphatic rings. The van der Waals surface area contributed by atoms with Crippen LogP contribution in [-0.2, 0) is 28.9 Å². The number of morpholine rings is 1. The van der Waals surface area contributed by atoms with Gasteiger partial charge in [0.05, 0.1) is 32.3 Å². The first kappa shape index (κ1) is 21.6. The summed E-state index contributed by atoms with van der Waals surface area (Å²) >= 11 is 1.58. The van der Waals surface area contributed by atoms with E-state index >= 15 is 0 Å². The highest BCUT2D eigenvalue weighted by molar-refractivity contribution is 7.14. The Kier molecular flexibility index (Phi) is 6.77. The fourth-order valence-corrected chi connectivity index (χ4v) is 5.28. The Balaban J connectivity index is 1.35. The number of aryl methyl sites for hydroxylation is 1. The van der Waals surface area contributed by atoms with Crippen LogP contribution in [0.4, 0.5) is 0 Å². The Labute approximate surface area is 186 Å². The van der Waals surface area contributed by atoms with E-state index < -0.39 is 0 Å². The van der Waals surface area contributed by atoms with Crippen LogP contribution >= 0.6 is 11.3 Å². The van der Waals surface area contributed by atoms with E-state index in [-0.39, 0.29) is 17.7 Å². The van der Waals surface area contributed by atoms with Crippen LogP contribution < -0.4 is 14.8 Å². The summed E-state index contributed by atoms with van der Waals surface area (Å²) in [6, 6.07) is 7.63. The van der Waals surface area contributed by atoms with Crippen LogP contribution in [0.15, 0.2) is 24.3 Å². The van der Waals surface area contributed by atoms with E-state index in [4.69, 9.17) is 14.2 Å². The zero-order valence-corrected chi connectivity index (χ0v) is 18.8. The maximum atomic E-state index is 12.8. The molecular formula is C23H28N2O5S. The van der Waals surface area contributed by atoms with Gasteiger partial charge >= 0.3 is 0 Å². The van der Waals surface area contributed by atoms with Crippen LogP contribution in [-0.4, -0.2) is 57.2 Å². The molecule has 7 nitrogen and oxygen atoms in total. The molecule has 166 valence electrons. The van der Waals surface area contributed by atoms with Gasteiger partial charge in [0.1, 0.15) is 0 Å². The third-order valence-electron chi connectivity index (χ3n) is 5.88. The molecule has 1 aromatic heterocycles. The zero-order chi connectivity index (χ0) is 21.8. The monoisotopic (exact) mass is 444 g/mol. The molecule has 1 fully saturated rings. The minimum Gasteiger partial charge on any atom is -0.493 e. The quantitative estimate of drug-likeness (QED) is 0.741.